The third-order valence-corrected chi connectivity index (χ3v) is 3.25. The van der Waals surface area contributed by atoms with Crippen LogP contribution in [0.5, 0.6) is 0 Å². The second kappa shape index (κ2) is 6.73. The van der Waals surface area contributed by atoms with Gasteiger partial charge in [0.1, 0.15) is 6.33 Å². The molecular weight excluding hydrogens is 357 g/mol. The van der Waals surface area contributed by atoms with Gasteiger partial charge >= 0.3 is 5.69 Å². The van der Waals surface area contributed by atoms with Crippen LogP contribution in [0.15, 0.2) is 24.5 Å². The molecule has 0 fully saturated rings. The first-order valence-electron chi connectivity index (χ1n) is 5.56. The first kappa shape index (κ1) is 16.2. The fraction of sp³-hybridized carbons (Fsp3) is 0. The van der Waals surface area contributed by atoms with Gasteiger partial charge in [-0.05, 0) is 18.2 Å². The third kappa shape index (κ3) is 3.53. The zero-order valence-corrected chi connectivity index (χ0v) is 12.8. The molecule has 8 nitrogen and oxygen atoms in total. The Kier molecular flexibility index (Phi) is 4.96. The number of carbonyl (C=O) groups is 1. The highest BCUT2D eigenvalue weighted by Crippen LogP contribution is 2.27. The summed E-state index contributed by atoms with van der Waals surface area (Å²) in [5.74, 6) is -0.894. The first-order chi connectivity index (χ1) is 10.4. The van der Waals surface area contributed by atoms with Crippen LogP contribution in [0, 0.1) is 10.1 Å². The molecule has 0 aliphatic carbocycles. The molecule has 0 aliphatic rings. The highest BCUT2D eigenvalue weighted by molar-refractivity contribution is 6.36. The van der Waals surface area contributed by atoms with Gasteiger partial charge in [0, 0.05) is 5.02 Å². The number of benzene rings is 1. The van der Waals surface area contributed by atoms with E-state index in [4.69, 9.17) is 34.8 Å². The number of aromatic nitrogens is 2. The molecule has 1 heterocycles. The predicted octanol–water partition coefficient (Wildman–Crippen LogP) is 3.10. The molecule has 0 saturated carbocycles. The van der Waals surface area contributed by atoms with Crippen molar-refractivity contribution >= 4 is 52.2 Å². The summed E-state index contributed by atoms with van der Waals surface area (Å²) in [5.41, 5.74) is 4.10. The zero-order chi connectivity index (χ0) is 16.3. The maximum absolute atomic E-state index is 12.0. The fourth-order valence-corrected chi connectivity index (χ4v) is 2.16. The number of hydrogen-bond acceptors (Lipinski definition) is 6. The van der Waals surface area contributed by atoms with Crippen LogP contribution in [0.3, 0.4) is 0 Å². The molecule has 0 unspecified atom stereocenters. The Morgan fingerprint density at radius 3 is 2.59 bits per heavy atom. The van der Waals surface area contributed by atoms with E-state index in [1.807, 2.05) is 0 Å². The standard InChI is InChI=1S/C11H6Cl3N5O3/c12-5-1-2-6(7(13)3-5)11(20)18-17-10-8(19(21)22)9(14)15-4-16-10/h1-4H,(H,18,20)(H,15,16,17). The number of nitrogens with zero attached hydrogens (tertiary/aromatic N) is 3. The van der Waals surface area contributed by atoms with Gasteiger partial charge in [-0.15, -0.1) is 0 Å². The van der Waals surface area contributed by atoms with Gasteiger partial charge in [-0.25, -0.2) is 9.97 Å². The van der Waals surface area contributed by atoms with Crippen LogP contribution in [0.1, 0.15) is 10.4 Å². The monoisotopic (exact) mass is 361 g/mol. The van der Waals surface area contributed by atoms with E-state index < -0.39 is 16.5 Å². The van der Waals surface area contributed by atoms with E-state index in [1.165, 1.54) is 18.2 Å². The van der Waals surface area contributed by atoms with E-state index in [2.05, 4.69) is 20.8 Å². The van der Waals surface area contributed by atoms with E-state index in [1.54, 1.807) is 0 Å². The van der Waals surface area contributed by atoms with Gasteiger partial charge in [0.15, 0.2) is 0 Å². The average Bonchev–Trinajstić information content (AvgIpc) is 2.44. The molecule has 2 N–H and O–H groups in total. The Balaban J connectivity index is 2.18. The van der Waals surface area contributed by atoms with Crippen LogP contribution in [-0.2, 0) is 0 Å². The molecule has 0 spiro atoms. The Morgan fingerprint density at radius 1 is 1.23 bits per heavy atom. The lowest BCUT2D eigenvalue weighted by atomic mass is 10.2. The number of hydrazine groups is 1. The number of rotatable bonds is 4. The minimum absolute atomic E-state index is 0.126. The largest absolute Gasteiger partial charge is 0.350 e. The molecule has 114 valence electrons. The molecule has 1 aromatic carbocycles. The summed E-state index contributed by atoms with van der Waals surface area (Å²) in [4.78, 5) is 29.2. The number of halogens is 3. The van der Waals surface area contributed by atoms with Crippen molar-refractivity contribution in [1.82, 2.24) is 15.4 Å². The van der Waals surface area contributed by atoms with Crippen molar-refractivity contribution in [3.8, 4) is 0 Å². The molecule has 0 radical (unpaired) electrons. The van der Waals surface area contributed by atoms with Crippen LogP contribution in [0.25, 0.3) is 0 Å². The van der Waals surface area contributed by atoms with Gasteiger partial charge in [-0.2, -0.15) is 0 Å². The van der Waals surface area contributed by atoms with Gasteiger partial charge in [-0.3, -0.25) is 25.8 Å². The van der Waals surface area contributed by atoms with E-state index in [-0.39, 0.29) is 21.6 Å². The molecule has 2 aromatic rings. The first-order valence-corrected chi connectivity index (χ1v) is 6.70. The van der Waals surface area contributed by atoms with Crippen molar-refractivity contribution in [3.05, 3.63) is 55.4 Å². The van der Waals surface area contributed by atoms with Crippen molar-refractivity contribution in [2.45, 2.75) is 0 Å². The van der Waals surface area contributed by atoms with Crippen LogP contribution < -0.4 is 10.9 Å². The zero-order valence-electron chi connectivity index (χ0n) is 10.5. The molecule has 1 aromatic heterocycles. The van der Waals surface area contributed by atoms with Crippen molar-refractivity contribution < 1.29 is 9.72 Å². The number of nitrogens with one attached hydrogen (secondary N) is 2. The Hall–Kier alpha value is -2.16. The minimum atomic E-state index is -0.772. The van der Waals surface area contributed by atoms with Crippen LogP contribution >= 0.6 is 34.8 Å². The topological polar surface area (TPSA) is 110 Å². The van der Waals surface area contributed by atoms with Crippen molar-refractivity contribution in [3.63, 3.8) is 0 Å². The minimum Gasteiger partial charge on any atom is -0.276 e. The lowest BCUT2D eigenvalue weighted by Gasteiger charge is -2.09. The molecule has 2 rings (SSSR count). The summed E-state index contributed by atoms with van der Waals surface area (Å²) >= 11 is 17.2. The number of hydrogen-bond donors (Lipinski definition) is 2. The smallest absolute Gasteiger partial charge is 0.276 e. The van der Waals surface area contributed by atoms with Gasteiger partial charge in [0.2, 0.25) is 11.0 Å². The molecule has 1 amide bonds. The summed E-state index contributed by atoms with van der Waals surface area (Å²) in [6, 6.07) is 4.28. The second-order valence-corrected chi connectivity index (χ2v) is 5.02. The summed E-state index contributed by atoms with van der Waals surface area (Å²) in [7, 11) is 0. The molecule has 11 heteroatoms. The Labute approximate surface area is 138 Å². The molecule has 0 atom stereocenters. The summed E-state index contributed by atoms with van der Waals surface area (Å²) < 4.78 is 0. The van der Waals surface area contributed by atoms with E-state index >= 15 is 0 Å². The summed E-state index contributed by atoms with van der Waals surface area (Å²) in [6.45, 7) is 0. The van der Waals surface area contributed by atoms with Crippen molar-refractivity contribution in [1.29, 1.82) is 0 Å². The highest BCUT2D eigenvalue weighted by atomic mass is 35.5. The predicted molar refractivity (Wildman–Crippen MR) is 81.2 cm³/mol. The molecule has 0 bridgehead atoms. The number of carbonyl (C=O) groups excluding carboxylic acids is 1. The molecular formula is C11H6Cl3N5O3. The highest BCUT2D eigenvalue weighted by Gasteiger charge is 2.22. The quantitative estimate of drug-likeness (QED) is 0.491. The van der Waals surface area contributed by atoms with Crippen molar-refractivity contribution in [2.24, 2.45) is 0 Å². The van der Waals surface area contributed by atoms with Gasteiger partial charge < -0.3 is 0 Å². The fourth-order valence-electron chi connectivity index (χ4n) is 1.47. The molecule has 0 saturated heterocycles. The average molecular weight is 363 g/mol. The number of amides is 1. The molecule has 22 heavy (non-hydrogen) atoms. The maximum Gasteiger partial charge on any atom is 0.350 e. The van der Waals surface area contributed by atoms with E-state index in [0.29, 0.717) is 5.02 Å². The van der Waals surface area contributed by atoms with Crippen LogP contribution in [0.4, 0.5) is 11.5 Å². The van der Waals surface area contributed by atoms with E-state index in [9.17, 15) is 14.9 Å². The number of anilines is 1. The van der Waals surface area contributed by atoms with Gasteiger partial charge in [0.05, 0.1) is 15.5 Å². The van der Waals surface area contributed by atoms with Crippen LogP contribution in [-0.4, -0.2) is 20.8 Å². The molecule has 0 aliphatic heterocycles. The third-order valence-electron chi connectivity index (χ3n) is 2.43. The Bertz CT molecular complexity index is 756. The van der Waals surface area contributed by atoms with Crippen LogP contribution in [0.2, 0.25) is 15.2 Å². The summed E-state index contributed by atoms with van der Waals surface area (Å²) in [5, 5.41) is 11.0. The lowest BCUT2D eigenvalue weighted by Crippen LogP contribution is -2.30. The SMILES string of the molecule is O=C(NNc1ncnc(Cl)c1[N+](=O)[O-])c1ccc(Cl)cc1Cl. The number of nitro groups is 1. The van der Waals surface area contributed by atoms with Gasteiger partial charge in [0.25, 0.3) is 5.91 Å². The lowest BCUT2D eigenvalue weighted by molar-refractivity contribution is -0.384. The van der Waals surface area contributed by atoms with E-state index in [0.717, 1.165) is 6.33 Å². The van der Waals surface area contributed by atoms with Gasteiger partial charge in [-0.1, -0.05) is 34.8 Å². The Morgan fingerprint density at radius 2 is 1.95 bits per heavy atom. The summed E-state index contributed by atoms with van der Waals surface area (Å²) in [6.07, 6.45) is 1.01. The maximum atomic E-state index is 12.0. The second-order valence-electron chi connectivity index (χ2n) is 3.82. The van der Waals surface area contributed by atoms with Crippen molar-refractivity contribution in [2.75, 3.05) is 5.43 Å². The normalized spacial score (nSPS) is 10.1.